The number of amides is 3. The van der Waals surface area contributed by atoms with E-state index in [9.17, 15) is 23.4 Å². The van der Waals surface area contributed by atoms with E-state index in [1.165, 1.54) is 0 Å². The molecule has 0 saturated carbocycles. The van der Waals surface area contributed by atoms with Gasteiger partial charge in [0.1, 0.15) is 11.9 Å². The highest BCUT2D eigenvalue weighted by Crippen LogP contribution is 2.06. The van der Waals surface area contributed by atoms with Gasteiger partial charge in [-0.05, 0) is 30.4 Å². The zero-order valence-electron chi connectivity index (χ0n) is 22.1. The predicted molar refractivity (Wildman–Crippen MR) is 151 cm³/mol. The summed E-state index contributed by atoms with van der Waals surface area (Å²) in [5.41, 5.74) is 7.67. The molecule has 0 bridgehead atoms. The number of nitrogens with one attached hydrogen (secondary N) is 5. The zero-order valence-corrected chi connectivity index (χ0v) is 22.9. The van der Waals surface area contributed by atoms with Gasteiger partial charge >= 0.3 is 5.97 Å². The Hall–Kier alpha value is -4.10. The van der Waals surface area contributed by atoms with E-state index in [1.807, 2.05) is 30.3 Å². The summed E-state index contributed by atoms with van der Waals surface area (Å²) in [5, 5.41) is 24.2. The van der Waals surface area contributed by atoms with Gasteiger partial charge in [-0.25, -0.2) is 8.93 Å². The average molecular weight is 573 g/mol. The third-order valence-corrected chi connectivity index (χ3v) is 6.79. The molecule has 0 aliphatic carbocycles. The standard InChI is InChI=1S/C27H36N6O6S/c28-26(29)21-11-9-19(10-12-21)16-31-27(38)22(8-4-5-15-30-23(34)13-14-25(36)37)33-24(35)17-32-40(39)18-20-6-2-1-3-7-20/h1-3,6-7,9-12,22,32H,4-5,8,13-18H2,(H3,28,29)(H,30,34)(H,31,38)(H,33,35)(H,36,37)/t22-,40?/m0/s1. The fraction of sp³-hybridized carbons (Fsp3) is 0.370. The molecule has 1 unspecified atom stereocenters. The van der Waals surface area contributed by atoms with E-state index in [1.54, 1.807) is 24.3 Å². The monoisotopic (exact) mass is 572 g/mol. The fourth-order valence-corrected chi connectivity index (χ4v) is 4.45. The van der Waals surface area contributed by atoms with Gasteiger partial charge in [0.25, 0.3) is 0 Å². The van der Waals surface area contributed by atoms with Crippen molar-refractivity contribution in [3.05, 3.63) is 71.3 Å². The zero-order chi connectivity index (χ0) is 29.3. The third kappa shape index (κ3) is 13.1. The maximum Gasteiger partial charge on any atom is 0.303 e. The molecule has 0 spiro atoms. The Morgan fingerprint density at radius 1 is 0.900 bits per heavy atom. The summed E-state index contributed by atoms with van der Waals surface area (Å²) in [7, 11) is -1.48. The molecule has 0 aliphatic rings. The third-order valence-electron chi connectivity index (χ3n) is 5.73. The first-order chi connectivity index (χ1) is 19.1. The van der Waals surface area contributed by atoms with Gasteiger partial charge < -0.3 is 26.8 Å². The number of amidine groups is 1. The molecule has 0 fully saturated rings. The summed E-state index contributed by atoms with van der Waals surface area (Å²) >= 11 is 0. The minimum absolute atomic E-state index is 0.0604. The number of aliphatic carboxylic acids is 1. The first-order valence-electron chi connectivity index (χ1n) is 12.8. The number of carbonyl (C=O) groups excluding carboxylic acids is 3. The van der Waals surface area contributed by atoms with E-state index < -0.39 is 34.8 Å². The number of carboxylic acids is 1. The Bertz CT molecular complexity index is 1180. The number of carboxylic acid groups (broad SMARTS) is 1. The molecule has 12 nitrogen and oxygen atoms in total. The van der Waals surface area contributed by atoms with Gasteiger partial charge in [-0.3, -0.25) is 24.6 Å². The highest BCUT2D eigenvalue weighted by atomic mass is 32.2. The maximum atomic E-state index is 12.9. The summed E-state index contributed by atoms with van der Waals surface area (Å²) in [4.78, 5) is 47.8. The van der Waals surface area contributed by atoms with Crippen molar-refractivity contribution in [2.75, 3.05) is 13.1 Å². The van der Waals surface area contributed by atoms with Crippen LogP contribution in [0.3, 0.4) is 0 Å². The van der Waals surface area contributed by atoms with E-state index >= 15 is 0 Å². The van der Waals surface area contributed by atoms with Gasteiger partial charge in [-0.1, -0.05) is 54.6 Å². The van der Waals surface area contributed by atoms with Crippen LogP contribution in [0.25, 0.3) is 0 Å². The van der Waals surface area contributed by atoms with E-state index in [4.69, 9.17) is 16.2 Å². The minimum Gasteiger partial charge on any atom is -0.481 e. The molecule has 0 saturated heterocycles. The lowest BCUT2D eigenvalue weighted by molar-refractivity contribution is -0.138. The van der Waals surface area contributed by atoms with Crippen molar-refractivity contribution in [3.8, 4) is 0 Å². The maximum absolute atomic E-state index is 12.9. The van der Waals surface area contributed by atoms with Crippen molar-refractivity contribution in [3.63, 3.8) is 0 Å². The molecule has 2 aromatic rings. The summed E-state index contributed by atoms with van der Waals surface area (Å²) < 4.78 is 15.0. The molecular formula is C27H36N6O6S. The molecule has 0 aromatic heterocycles. The van der Waals surface area contributed by atoms with Crippen molar-refractivity contribution < 1.29 is 28.5 Å². The Kier molecular flexibility index (Phi) is 14.0. The Morgan fingerprint density at radius 2 is 1.60 bits per heavy atom. The van der Waals surface area contributed by atoms with E-state index in [0.29, 0.717) is 31.4 Å². The van der Waals surface area contributed by atoms with Crippen molar-refractivity contribution in [2.45, 2.75) is 50.4 Å². The van der Waals surface area contributed by atoms with Crippen molar-refractivity contribution >= 4 is 40.5 Å². The van der Waals surface area contributed by atoms with E-state index in [0.717, 1.165) is 11.1 Å². The Balaban J connectivity index is 1.87. The number of hydrogen-bond acceptors (Lipinski definition) is 6. The van der Waals surface area contributed by atoms with Crippen LogP contribution < -0.4 is 26.4 Å². The lowest BCUT2D eigenvalue weighted by atomic mass is 10.1. The Labute approximate surface area is 235 Å². The van der Waals surface area contributed by atoms with Crippen LogP contribution in [0.5, 0.6) is 0 Å². The molecule has 2 rings (SSSR count). The summed E-state index contributed by atoms with van der Waals surface area (Å²) in [6.45, 7) is 0.265. The lowest BCUT2D eigenvalue weighted by Gasteiger charge is -2.19. The van der Waals surface area contributed by atoms with Gasteiger partial charge in [0, 0.05) is 25.1 Å². The second-order valence-corrected chi connectivity index (χ2v) is 10.3. The highest BCUT2D eigenvalue weighted by Gasteiger charge is 2.20. The number of rotatable bonds is 18. The highest BCUT2D eigenvalue weighted by molar-refractivity contribution is 7.82. The molecule has 0 aliphatic heterocycles. The normalized spacial score (nSPS) is 12.1. The SMILES string of the molecule is N=C(N)c1ccc(CNC(=O)[C@H](CCCCNC(=O)CCC(=O)O)NC(=O)CNS(=O)Cc2ccccc2)cc1. The molecule has 13 heteroatoms. The average Bonchev–Trinajstić information content (AvgIpc) is 2.93. The van der Waals surface area contributed by atoms with Crippen LogP contribution in [0, 0.1) is 5.41 Å². The van der Waals surface area contributed by atoms with Crippen LogP contribution in [0.15, 0.2) is 54.6 Å². The number of nitrogens with two attached hydrogens (primary N) is 1. The van der Waals surface area contributed by atoms with Crippen LogP contribution in [0.1, 0.15) is 48.8 Å². The van der Waals surface area contributed by atoms with Crippen LogP contribution in [-0.2, 0) is 42.5 Å². The smallest absolute Gasteiger partial charge is 0.303 e. The Morgan fingerprint density at radius 3 is 2.25 bits per heavy atom. The van der Waals surface area contributed by atoms with Crippen molar-refractivity contribution in [2.24, 2.45) is 5.73 Å². The first-order valence-corrected chi connectivity index (χ1v) is 14.1. The molecule has 2 aromatic carbocycles. The molecule has 0 radical (unpaired) electrons. The lowest BCUT2D eigenvalue weighted by Crippen LogP contribution is -2.49. The summed E-state index contributed by atoms with van der Waals surface area (Å²) in [6, 6.07) is 15.2. The van der Waals surface area contributed by atoms with Crippen molar-refractivity contribution in [1.82, 2.24) is 20.7 Å². The van der Waals surface area contributed by atoms with Gasteiger partial charge in [0.2, 0.25) is 17.7 Å². The predicted octanol–water partition coefficient (Wildman–Crippen LogP) is 0.676. The largest absolute Gasteiger partial charge is 0.481 e. The number of benzene rings is 2. The molecule has 2 atom stereocenters. The number of nitrogen functional groups attached to an aromatic ring is 1. The fourth-order valence-electron chi connectivity index (χ4n) is 3.56. The first kappa shape index (κ1) is 32.1. The van der Waals surface area contributed by atoms with E-state index in [2.05, 4.69) is 20.7 Å². The molecular weight excluding hydrogens is 536 g/mol. The van der Waals surface area contributed by atoms with Gasteiger partial charge in [-0.2, -0.15) is 0 Å². The molecule has 8 N–H and O–H groups in total. The summed E-state index contributed by atoms with van der Waals surface area (Å²) in [6.07, 6.45) is 0.950. The molecule has 0 heterocycles. The minimum atomic E-state index is -1.48. The topological polar surface area (TPSA) is 204 Å². The quantitative estimate of drug-likeness (QED) is 0.0772. The summed E-state index contributed by atoms with van der Waals surface area (Å²) in [5.74, 6) is -2.13. The van der Waals surface area contributed by atoms with E-state index in [-0.39, 0.29) is 43.4 Å². The van der Waals surface area contributed by atoms with Crippen LogP contribution in [0.2, 0.25) is 0 Å². The van der Waals surface area contributed by atoms with Crippen molar-refractivity contribution in [1.29, 1.82) is 5.41 Å². The molecule has 3 amide bonds. The second-order valence-electron chi connectivity index (χ2n) is 8.98. The molecule has 216 valence electrons. The van der Waals surface area contributed by atoms with Crippen LogP contribution in [-0.4, -0.2) is 58.0 Å². The molecule has 40 heavy (non-hydrogen) atoms. The number of hydrogen-bond donors (Lipinski definition) is 7. The van der Waals surface area contributed by atoms with Crippen LogP contribution >= 0.6 is 0 Å². The van der Waals surface area contributed by atoms with Crippen LogP contribution in [0.4, 0.5) is 0 Å². The van der Waals surface area contributed by atoms with Gasteiger partial charge in [0.15, 0.2) is 0 Å². The second kappa shape index (κ2) is 17.5. The van der Waals surface area contributed by atoms with Gasteiger partial charge in [-0.15, -0.1) is 0 Å². The number of carbonyl (C=O) groups is 4. The number of unbranched alkanes of at least 4 members (excludes halogenated alkanes) is 1. The van der Waals surface area contributed by atoms with Gasteiger partial charge in [0.05, 0.1) is 29.7 Å².